The first kappa shape index (κ1) is 19.2. The van der Waals surface area contributed by atoms with Gasteiger partial charge in [0.25, 0.3) is 0 Å². The lowest BCUT2D eigenvalue weighted by molar-refractivity contribution is -0.192. The third-order valence-corrected chi connectivity index (χ3v) is 5.04. The van der Waals surface area contributed by atoms with Crippen molar-refractivity contribution in [3.8, 4) is 0 Å². The SMILES string of the molecule is CCC1CC(O)(CC)CC(C)(OC(=O)C(F)(F)S(=O)(=O)O)C1. The maximum atomic E-state index is 13.3. The zero-order chi connectivity index (χ0) is 17.4. The summed E-state index contributed by atoms with van der Waals surface area (Å²) in [5.74, 6) is -2.37. The maximum Gasteiger partial charge on any atom is 0.465 e. The van der Waals surface area contributed by atoms with Crippen LogP contribution < -0.4 is 0 Å². The van der Waals surface area contributed by atoms with Crippen LogP contribution in [0.1, 0.15) is 52.9 Å². The van der Waals surface area contributed by atoms with Gasteiger partial charge < -0.3 is 9.84 Å². The summed E-state index contributed by atoms with van der Waals surface area (Å²) in [5.41, 5.74) is -2.59. The Morgan fingerprint density at radius 2 is 1.91 bits per heavy atom. The number of ether oxygens (including phenoxy) is 1. The van der Waals surface area contributed by atoms with Gasteiger partial charge in [0.15, 0.2) is 0 Å². The van der Waals surface area contributed by atoms with Gasteiger partial charge in [0.05, 0.1) is 5.60 Å². The third kappa shape index (κ3) is 3.94. The lowest BCUT2D eigenvalue weighted by atomic mass is 9.69. The molecule has 0 amide bonds. The molecule has 0 aliphatic heterocycles. The van der Waals surface area contributed by atoms with Crippen molar-refractivity contribution in [3.05, 3.63) is 0 Å². The minimum atomic E-state index is -5.90. The summed E-state index contributed by atoms with van der Waals surface area (Å²) in [4.78, 5) is 11.5. The Labute approximate surface area is 128 Å². The molecule has 1 saturated carbocycles. The van der Waals surface area contributed by atoms with Gasteiger partial charge in [0, 0.05) is 6.42 Å². The van der Waals surface area contributed by atoms with Gasteiger partial charge in [-0.25, -0.2) is 4.79 Å². The van der Waals surface area contributed by atoms with E-state index in [2.05, 4.69) is 0 Å². The van der Waals surface area contributed by atoms with Crippen LogP contribution in [0.5, 0.6) is 0 Å². The fourth-order valence-electron chi connectivity index (χ4n) is 3.08. The summed E-state index contributed by atoms with van der Waals surface area (Å²) in [7, 11) is -5.90. The van der Waals surface area contributed by atoms with E-state index in [0.717, 1.165) is 0 Å². The van der Waals surface area contributed by atoms with E-state index >= 15 is 0 Å². The molecular weight excluding hydrogens is 322 g/mol. The zero-order valence-electron chi connectivity index (χ0n) is 12.8. The number of rotatable bonds is 5. The Kier molecular flexibility index (Phi) is 5.26. The lowest BCUT2D eigenvalue weighted by Gasteiger charge is -2.46. The Morgan fingerprint density at radius 3 is 2.32 bits per heavy atom. The second-order valence-corrected chi connectivity index (χ2v) is 7.73. The second-order valence-electron chi connectivity index (χ2n) is 6.27. The number of halogens is 2. The van der Waals surface area contributed by atoms with Crippen LogP contribution in [0.15, 0.2) is 0 Å². The Morgan fingerprint density at radius 1 is 1.36 bits per heavy atom. The first-order chi connectivity index (χ1) is 9.78. The average Bonchev–Trinajstić information content (AvgIpc) is 2.35. The fraction of sp³-hybridized carbons (Fsp3) is 0.923. The van der Waals surface area contributed by atoms with E-state index in [1.54, 1.807) is 6.92 Å². The van der Waals surface area contributed by atoms with Gasteiger partial charge in [-0.2, -0.15) is 17.2 Å². The molecule has 0 heterocycles. The van der Waals surface area contributed by atoms with Crippen molar-refractivity contribution in [2.24, 2.45) is 5.92 Å². The van der Waals surface area contributed by atoms with Gasteiger partial charge in [-0.1, -0.05) is 20.3 Å². The van der Waals surface area contributed by atoms with Crippen molar-refractivity contribution in [1.29, 1.82) is 0 Å². The van der Waals surface area contributed by atoms with Crippen molar-refractivity contribution in [2.75, 3.05) is 0 Å². The highest BCUT2D eigenvalue weighted by Crippen LogP contribution is 2.44. The molecule has 3 unspecified atom stereocenters. The molecule has 22 heavy (non-hydrogen) atoms. The number of alkyl halides is 2. The molecule has 1 fully saturated rings. The van der Waals surface area contributed by atoms with Gasteiger partial charge in [0.2, 0.25) is 0 Å². The van der Waals surface area contributed by atoms with Crippen molar-refractivity contribution in [2.45, 2.75) is 69.3 Å². The van der Waals surface area contributed by atoms with Gasteiger partial charge in [-0.15, -0.1) is 0 Å². The van der Waals surface area contributed by atoms with Gasteiger partial charge >= 0.3 is 21.3 Å². The first-order valence-electron chi connectivity index (χ1n) is 7.09. The highest BCUT2D eigenvalue weighted by molar-refractivity contribution is 7.87. The Bertz CT molecular complexity index is 535. The molecule has 0 bridgehead atoms. The zero-order valence-corrected chi connectivity index (χ0v) is 13.6. The van der Waals surface area contributed by atoms with Crippen molar-refractivity contribution in [3.63, 3.8) is 0 Å². The quantitative estimate of drug-likeness (QED) is 0.585. The van der Waals surface area contributed by atoms with Crippen LogP contribution in [-0.2, 0) is 19.6 Å². The molecule has 3 atom stereocenters. The van der Waals surface area contributed by atoms with E-state index in [0.29, 0.717) is 19.3 Å². The topological polar surface area (TPSA) is 101 Å². The van der Waals surface area contributed by atoms with E-state index in [9.17, 15) is 27.1 Å². The molecular formula is C13H22F2O6S. The number of carbonyl (C=O) groups excluding carboxylic acids is 1. The van der Waals surface area contributed by atoms with E-state index in [1.807, 2.05) is 6.92 Å². The molecule has 0 saturated heterocycles. The van der Waals surface area contributed by atoms with Crippen LogP contribution >= 0.6 is 0 Å². The number of esters is 1. The summed E-state index contributed by atoms with van der Waals surface area (Å²) in [6.07, 6.45) is 1.64. The Hall–Kier alpha value is -0.800. The highest BCUT2D eigenvalue weighted by Gasteiger charge is 2.57. The van der Waals surface area contributed by atoms with Gasteiger partial charge in [0.1, 0.15) is 5.60 Å². The van der Waals surface area contributed by atoms with Crippen LogP contribution in [0.2, 0.25) is 0 Å². The van der Waals surface area contributed by atoms with E-state index < -0.39 is 32.5 Å². The molecule has 1 rings (SSSR count). The smallest absolute Gasteiger partial charge is 0.454 e. The average molecular weight is 344 g/mol. The normalized spacial score (nSPS) is 33.5. The summed E-state index contributed by atoms with van der Waals surface area (Å²) in [5, 5.41) is 5.42. The van der Waals surface area contributed by atoms with Crippen LogP contribution in [0.25, 0.3) is 0 Å². The minimum absolute atomic E-state index is 0.0455. The molecule has 2 N–H and O–H groups in total. The number of hydrogen-bond donors (Lipinski definition) is 2. The molecule has 0 aromatic rings. The standard InChI is InChI=1S/C13H22F2O6S/c1-4-9-6-11(3,8-12(17,5-2)7-9)21-10(16)13(14,15)22(18,19)20/h9,17H,4-8H2,1-3H3,(H,18,19,20). The highest BCUT2D eigenvalue weighted by atomic mass is 32.2. The second kappa shape index (κ2) is 6.01. The molecule has 1 aliphatic carbocycles. The van der Waals surface area contributed by atoms with Gasteiger partial charge in [-0.3, -0.25) is 4.55 Å². The molecule has 6 nitrogen and oxygen atoms in total. The lowest BCUT2D eigenvalue weighted by Crippen LogP contribution is -2.52. The predicted octanol–water partition coefficient (Wildman–Crippen LogP) is 2.12. The van der Waals surface area contributed by atoms with Crippen molar-refractivity contribution >= 4 is 16.1 Å². The van der Waals surface area contributed by atoms with Crippen LogP contribution in [0, 0.1) is 5.92 Å². The number of hydrogen-bond acceptors (Lipinski definition) is 5. The molecule has 1 aliphatic rings. The van der Waals surface area contributed by atoms with E-state index in [4.69, 9.17) is 9.29 Å². The maximum absolute atomic E-state index is 13.3. The fourth-order valence-corrected chi connectivity index (χ4v) is 3.34. The van der Waals surface area contributed by atoms with Crippen LogP contribution in [0.3, 0.4) is 0 Å². The molecule has 9 heteroatoms. The molecule has 0 aromatic carbocycles. The molecule has 130 valence electrons. The number of carbonyl (C=O) groups is 1. The van der Waals surface area contributed by atoms with E-state index in [1.165, 1.54) is 6.92 Å². The van der Waals surface area contributed by atoms with E-state index in [-0.39, 0.29) is 18.8 Å². The Balaban J connectivity index is 3.01. The molecule has 0 aromatic heterocycles. The monoisotopic (exact) mass is 344 g/mol. The van der Waals surface area contributed by atoms with Crippen molar-refractivity contribution in [1.82, 2.24) is 0 Å². The van der Waals surface area contributed by atoms with Gasteiger partial charge in [-0.05, 0) is 32.1 Å². The molecule has 0 spiro atoms. The predicted molar refractivity (Wildman–Crippen MR) is 73.9 cm³/mol. The summed E-state index contributed by atoms with van der Waals surface area (Å²) < 4.78 is 61.0. The first-order valence-corrected chi connectivity index (χ1v) is 8.53. The minimum Gasteiger partial charge on any atom is -0.454 e. The summed E-state index contributed by atoms with van der Waals surface area (Å²) >= 11 is 0. The van der Waals surface area contributed by atoms with Crippen LogP contribution in [-0.4, -0.2) is 40.5 Å². The number of aliphatic hydroxyl groups is 1. The molecule has 0 radical (unpaired) electrons. The van der Waals surface area contributed by atoms with Crippen LogP contribution in [0.4, 0.5) is 8.78 Å². The van der Waals surface area contributed by atoms with Crippen molar-refractivity contribution < 1.29 is 36.4 Å². The third-order valence-electron chi connectivity index (χ3n) is 4.23. The largest absolute Gasteiger partial charge is 0.465 e. The summed E-state index contributed by atoms with van der Waals surface area (Å²) in [6.45, 7) is 4.97. The summed E-state index contributed by atoms with van der Waals surface area (Å²) in [6, 6.07) is 0.